The summed E-state index contributed by atoms with van der Waals surface area (Å²) < 4.78 is 5.67. The van der Waals surface area contributed by atoms with Crippen LogP contribution in [-0.4, -0.2) is 17.9 Å². The molecular weight excluding hydrogens is 402 g/mol. The number of thiazole rings is 1. The lowest BCUT2D eigenvalue weighted by Gasteiger charge is -2.09. The third kappa shape index (κ3) is 5.02. The van der Waals surface area contributed by atoms with E-state index < -0.39 is 0 Å². The molecule has 0 saturated heterocycles. The van der Waals surface area contributed by atoms with Crippen LogP contribution in [0.25, 0.3) is 10.4 Å². The van der Waals surface area contributed by atoms with Crippen molar-refractivity contribution in [3.05, 3.63) is 93.9 Å². The molecule has 156 valence electrons. The summed E-state index contributed by atoms with van der Waals surface area (Å²) in [4.78, 5) is 10.5. The van der Waals surface area contributed by atoms with Crippen molar-refractivity contribution in [3.8, 4) is 16.2 Å². The molecule has 4 rings (SSSR count). The summed E-state index contributed by atoms with van der Waals surface area (Å²) >= 11 is 1.68. The van der Waals surface area contributed by atoms with Crippen molar-refractivity contribution in [1.29, 1.82) is 0 Å². The number of benzene rings is 2. The quantitative estimate of drug-likeness (QED) is 0.486. The van der Waals surface area contributed by atoms with Gasteiger partial charge in [-0.1, -0.05) is 30.3 Å². The van der Waals surface area contributed by atoms with Gasteiger partial charge in [0, 0.05) is 35.4 Å². The Morgan fingerprint density at radius 1 is 1.10 bits per heavy atom. The lowest BCUT2D eigenvalue weighted by Crippen LogP contribution is -2.18. The van der Waals surface area contributed by atoms with E-state index >= 15 is 0 Å². The van der Waals surface area contributed by atoms with Gasteiger partial charge in [-0.2, -0.15) is 0 Å². The first kappa shape index (κ1) is 20.9. The van der Waals surface area contributed by atoms with Crippen molar-refractivity contribution in [2.75, 3.05) is 7.11 Å². The van der Waals surface area contributed by atoms with E-state index in [-0.39, 0.29) is 0 Å². The third-order valence-corrected chi connectivity index (χ3v) is 6.04. The average molecular weight is 428 g/mol. The average Bonchev–Trinajstić information content (AvgIpc) is 2.99. The number of aliphatic imine (C=N–C) groups is 1. The molecule has 1 aliphatic heterocycles. The van der Waals surface area contributed by atoms with Crippen LogP contribution in [0.1, 0.15) is 23.2 Å². The number of hydrogen-bond acceptors (Lipinski definition) is 4. The molecule has 2 aromatic carbocycles. The fourth-order valence-electron chi connectivity index (χ4n) is 3.57. The Hall–Kier alpha value is -3.40. The van der Waals surface area contributed by atoms with Crippen molar-refractivity contribution >= 4 is 22.9 Å². The molecule has 2 heterocycles. The number of rotatable bonds is 5. The van der Waals surface area contributed by atoms with E-state index in [0.29, 0.717) is 0 Å². The third-order valence-electron chi connectivity index (χ3n) is 4.93. The number of ether oxygens (including phenoxy) is 1. The minimum absolute atomic E-state index is 0.747. The van der Waals surface area contributed by atoms with Gasteiger partial charge in [-0.15, -0.1) is 17.1 Å². The highest BCUT2D eigenvalue weighted by molar-refractivity contribution is 7.15. The highest BCUT2D eigenvalue weighted by Gasteiger charge is 2.13. The number of allylic oxidation sites excluding steroid dienone is 2. The molecule has 0 spiro atoms. The van der Waals surface area contributed by atoms with E-state index in [1.165, 1.54) is 5.56 Å². The molecule has 0 fully saturated rings. The normalized spacial score (nSPS) is 14.6. The number of aryl methyl sites for hydroxylation is 2. The highest BCUT2D eigenvalue weighted by atomic mass is 32.1. The molecule has 31 heavy (non-hydrogen) atoms. The monoisotopic (exact) mass is 427 g/mol. The van der Waals surface area contributed by atoms with E-state index in [4.69, 9.17) is 9.73 Å². The Morgan fingerprint density at radius 2 is 1.90 bits per heavy atom. The Morgan fingerprint density at radius 3 is 2.61 bits per heavy atom. The molecule has 0 amide bonds. The number of nitrogens with one attached hydrogen (secondary N) is 1. The van der Waals surface area contributed by atoms with Gasteiger partial charge in [0.25, 0.3) is 0 Å². The van der Waals surface area contributed by atoms with Crippen molar-refractivity contribution in [1.82, 2.24) is 10.3 Å². The number of methoxy groups -OCH3 is 1. The number of hydrogen-bond donors (Lipinski definition) is 1. The predicted molar refractivity (Wildman–Crippen MR) is 129 cm³/mol. The molecule has 0 bridgehead atoms. The zero-order chi connectivity index (χ0) is 21.8. The Kier molecular flexibility index (Phi) is 6.17. The van der Waals surface area contributed by atoms with Crippen LogP contribution in [-0.2, 0) is 6.42 Å². The van der Waals surface area contributed by atoms with Crippen LogP contribution in [0.15, 0.2) is 82.7 Å². The summed E-state index contributed by atoms with van der Waals surface area (Å²) in [5.41, 5.74) is 9.68. The second kappa shape index (κ2) is 9.17. The first-order chi connectivity index (χ1) is 15.0. The number of nitrogens with zero attached hydrogens (tertiary/aromatic N) is 2. The topological polar surface area (TPSA) is 46.5 Å². The Bertz CT molecular complexity index is 1230. The number of amidine groups is 1. The summed E-state index contributed by atoms with van der Waals surface area (Å²) in [7, 11) is 1.69. The molecule has 5 heteroatoms. The van der Waals surface area contributed by atoms with Gasteiger partial charge >= 0.3 is 0 Å². The molecule has 3 aromatic rings. The van der Waals surface area contributed by atoms with Crippen LogP contribution >= 0.6 is 11.3 Å². The number of aromatic nitrogens is 1. The van der Waals surface area contributed by atoms with Crippen LogP contribution in [0.3, 0.4) is 0 Å². The molecule has 1 aromatic heterocycles. The van der Waals surface area contributed by atoms with Gasteiger partial charge in [0.1, 0.15) is 11.6 Å². The van der Waals surface area contributed by atoms with E-state index in [2.05, 4.69) is 52.4 Å². The molecule has 1 N–H and O–H groups in total. The molecule has 0 radical (unpaired) electrons. The first-order valence-electron chi connectivity index (χ1n) is 10.2. The minimum Gasteiger partial charge on any atom is -0.496 e. The lowest BCUT2D eigenvalue weighted by atomic mass is 10.1. The maximum absolute atomic E-state index is 5.67. The summed E-state index contributed by atoms with van der Waals surface area (Å²) in [5.74, 6) is 1.54. The van der Waals surface area contributed by atoms with Gasteiger partial charge in [0.05, 0.1) is 28.4 Å². The van der Waals surface area contributed by atoms with Crippen molar-refractivity contribution < 1.29 is 4.74 Å². The van der Waals surface area contributed by atoms with Crippen molar-refractivity contribution in [3.63, 3.8) is 0 Å². The SMILES string of the molecule is COc1cc(N=C2C=C=C(Cc3ccccc3)C=C(C)N2)ccc1-c1sc(C)nc1C. The zero-order valence-corrected chi connectivity index (χ0v) is 19.0. The van der Waals surface area contributed by atoms with Crippen molar-refractivity contribution in [2.24, 2.45) is 4.99 Å². The molecule has 4 nitrogen and oxygen atoms in total. The van der Waals surface area contributed by atoms with E-state index in [1.54, 1.807) is 18.4 Å². The largest absolute Gasteiger partial charge is 0.496 e. The molecule has 0 unspecified atom stereocenters. The van der Waals surface area contributed by atoms with Crippen LogP contribution in [0.5, 0.6) is 5.75 Å². The lowest BCUT2D eigenvalue weighted by molar-refractivity contribution is 0.416. The van der Waals surface area contributed by atoms with Crippen LogP contribution in [0.2, 0.25) is 0 Å². The summed E-state index contributed by atoms with van der Waals surface area (Å²) in [6, 6.07) is 16.4. The zero-order valence-electron chi connectivity index (χ0n) is 18.2. The summed E-state index contributed by atoms with van der Waals surface area (Å²) in [6.45, 7) is 6.09. The van der Waals surface area contributed by atoms with Crippen LogP contribution in [0, 0.1) is 13.8 Å². The molecule has 0 aliphatic carbocycles. The molecular formula is C26H25N3OS. The van der Waals surface area contributed by atoms with Crippen LogP contribution in [0.4, 0.5) is 5.69 Å². The maximum atomic E-state index is 5.67. The predicted octanol–water partition coefficient (Wildman–Crippen LogP) is 6.30. The van der Waals surface area contributed by atoms with Crippen LogP contribution < -0.4 is 10.1 Å². The van der Waals surface area contributed by atoms with Gasteiger partial charge in [-0.05, 0) is 44.5 Å². The van der Waals surface area contributed by atoms with E-state index in [9.17, 15) is 0 Å². The maximum Gasteiger partial charge on any atom is 0.138 e. The van der Waals surface area contributed by atoms with Gasteiger partial charge in [-0.3, -0.25) is 0 Å². The molecule has 0 atom stereocenters. The molecule has 0 saturated carbocycles. The summed E-state index contributed by atoms with van der Waals surface area (Å²) in [5, 5.41) is 4.41. The van der Waals surface area contributed by atoms with E-state index in [0.717, 1.165) is 56.1 Å². The Balaban J connectivity index is 1.64. The van der Waals surface area contributed by atoms with Gasteiger partial charge in [-0.25, -0.2) is 9.98 Å². The fourth-order valence-corrected chi connectivity index (χ4v) is 4.52. The minimum atomic E-state index is 0.747. The first-order valence-corrected chi connectivity index (χ1v) is 11.0. The highest BCUT2D eigenvalue weighted by Crippen LogP contribution is 2.38. The van der Waals surface area contributed by atoms with Crippen molar-refractivity contribution in [2.45, 2.75) is 27.2 Å². The van der Waals surface area contributed by atoms with Gasteiger partial charge in [0.15, 0.2) is 0 Å². The molecule has 1 aliphatic rings. The smallest absolute Gasteiger partial charge is 0.138 e. The van der Waals surface area contributed by atoms with E-state index in [1.807, 2.05) is 45.0 Å². The van der Waals surface area contributed by atoms with Gasteiger partial charge in [0.2, 0.25) is 0 Å². The Labute approximate surface area is 187 Å². The second-order valence-electron chi connectivity index (χ2n) is 7.46. The fraction of sp³-hybridized carbons (Fsp3) is 0.192. The second-order valence-corrected chi connectivity index (χ2v) is 8.66. The summed E-state index contributed by atoms with van der Waals surface area (Å²) in [6.07, 6.45) is 4.85. The van der Waals surface area contributed by atoms with Gasteiger partial charge < -0.3 is 10.1 Å². The standard InChI is InChI=1S/C26H25N3OS/c1-17-14-21(15-20-8-6-5-7-9-20)10-13-25(27-17)29-22-11-12-23(24(16-22)30-4)26-18(2)28-19(3)31-26/h5-9,11-14,16H,15H2,1-4H3,(H,27,29).